The maximum Gasteiger partial charge on any atom is 0.308 e. The molecule has 0 aliphatic carbocycles. The Labute approximate surface area is 126 Å². The van der Waals surface area contributed by atoms with Crippen LogP contribution in [0.2, 0.25) is 0 Å². The summed E-state index contributed by atoms with van der Waals surface area (Å²) in [4.78, 5) is 35.6. The Kier molecular flexibility index (Phi) is 4.75. The van der Waals surface area contributed by atoms with Gasteiger partial charge in [0.2, 0.25) is 11.8 Å². The normalized spacial score (nSPS) is 20.7. The largest absolute Gasteiger partial charge is 0.481 e. The van der Waals surface area contributed by atoms with Crippen molar-refractivity contribution >= 4 is 17.8 Å². The van der Waals surface area contributed by atoms with E-state index in [1.54, 1.807) is 6.07 Å². The molecule has 0 aromatic heterocycles. The van der Waals surface area contributed by atoms with Gasteiger partial charge in [0.15, 0.2) is 0 Å². The van der Waals surface area contributed by atoms with Crippen LogP contribution in [0.5, 0.6) is 0 Å². The molecule has 1 aliphatic rings. The second kappa shape index (κ2) is 6.55. The average Bonchev–Trinajstić information content (AvgIpc) is 2.90. The number of nitrogens with one attached hydrogen (secondary N) is 1. The van der Waals surface area contributed by atoms with Gasteiger partial charge >= 0.3 is 5.97 Å². The third-order valence-electron chi connectivity index (χ3n) is 3.76. The van der Waals surface area contributed by atoms with E-state index in [0.29, 0.717) is 5.56 Å². The lowest BCUT2D eigenvalue weighted by molar-refractivity contribution is -0.142. The van der Waals surface area contributed by atoms with E-state index in [0.717, 1.165) is 0 Å². The first kappa shape index (κ1) is 15.9. The SMILES string of the molecule is CC(=O)NCC(=O)N1C[C@@H](C(=O)O)[C@H](c2cccc(F)c2)C1. The van der Waals surface area contributed by atoms with Gasteiger partial charge in [-0.15, -0.1) is 0 Å². The Morgan fingerprint density at radius 1 is 1.36 bits per heavy atom. The Morgan fingerprint density at radius 2 is 2.09 bits per heavy atom. The highest BCUT2D eigenvalue weighted by atomic mass is 19.1. The zero-order chi connectivity index (χ0) is 16.3. The number of halogens is 1. The van der Waals surface area contributed by atoms with Crippen molar-refractivity contribution in [3.05, 3.63) is 35.6 Å². The number of nitrogens with zero attached hydrogens (tertiary/aromatic N) is 1. The summed E-state index contributed by atoms with van der Waals surface area (Å²) >= 11 is 0. The summed E-state index contributed by atoms with van der Waals surface area (Å²) in [6, 6.07) is 5.76. The number of rotatable bonds is 4. The van der Waals surface area contributed by atoms with Crippen LogP contribution in [0.25, 0.3) is 0 Å². The fraction of sp³-hybridized carbons (Fsp3) is 0.400. The van der Waals surface area contributed by atoms with Crippen LogP contribution >= 0.6 is 0 Å². The molecule has 1 saturated heterocycles. The number of amides is 2. The molecule has 0 saturated carbocycles. The van der Waals surface area contributed by atoms with Crippen molar-refractivity contribution < 1.29 is 23.9 Å². The van der Waals surface area contributed by atoms with E-state index in [2.05, 4.69) is 5.32 Å². The van der Waals surface area contributed by atoms with Gasteiger partial charge in [-0.2, -0.15) is 0 Å². The Bertz CT molecular complexity index is 605. The summed E-state index contributed by atoms with van der Waals surface area (Å²) in [7, 11) is 0. The highest BCUT2D eigenvalue weighted by Gasteiger charge is 2.40. The number of hydrogen-bond acceptors (Lipinski definition) is 3. The molecule has 0 bridgehead atoms. The Balaban J connectivity index is 2.14. The molecular formula is C15H17FN2O4. The number of carboxylic acid groups (broad SMARTS) is 1. The van der Waals surface area contributed by atoms with Crippen LogP contribution in [0.4, 0.5) is 4.39 Å². The Morgan fingerprint density at radius 3 is 2.68 bits per heavy atom. The first-order chi connectivity index (χ1) is 10.4. The van der Waals surface area contributed by atoms with Crippen LogP contribution in [-0.2, 0) is 14.4 Å². The summed E-state index contributed by atoms with van der Waals surface area (Å²) in [6.45, 7) is 1.37. The van der Waals surface area contributed by atoms with Crippen molar-refractivity contribution in [2.45, 2.75) is 12.8 Å². The van der Waals surface area contributed by atoms with E-state index in [1.165, 1.54) is 30.0 Å². The summed E-state index contributed by atoms with van der Waals surface area (Å²) in [5.41, 5.74) is 0.558. The summed E-state index contributed by atoms with van der Waals surface area (Å²) in [5, 5.41) is 11.7. The van der Waals surface area contributed by atoms with Gasteiger partial charge in [-0.1, -0.05) is 12.1 Å². The van der Waals surface area contributed by atoms with Crippen LogP contribution in [0.15, 0.2) is 24.3 Å². The van der Waals surface area contributed by atoms with Crippen molar-refractivity contribution in [2.24, 2.45) is 5.92 Å². The van der Waals surface area contributed by atoms with E-state index in [-0.39, 0.29) is 31.4 Å². The molecule has 1 aromatic carbocycles. The van der Waals surface area contributed by atoms with Gasteiger partial charge in [-0.3, -0.25) is 14.4 Å². The zero-order valence-corrected chi connectivity index (χ0v) is 12.1. The summed E-state index contributed by atoms with van der Waals surface area (Å²) in [5.74, 6) is -3.39. The highest BCUT2D eigenvalue weighted by molar-refractivity contribution is 5.85. The molecule has 7 heteroatoms. The van der Waals surface area contributed by atoms with Gasteiger partial charge in [0, 0.05) is 25.9 Å². The highest BCUT2D eigenvalue weighted by Crippen LogP contribution is 2.33. The predicted molar refractivity (Wildman–Crippen MR) is 75.5 cm³/mol. The molecule has 1 aliphatic heterocycles. The molecule has 2 amide bonds. The maximum atomic E-state index is 13.3. The molecule has 1 heterocycles. The van der Waals surface area contributed by atoms with Crippen LogP contribution in [0, 0.1) is 11.7 Å². The van der Waals surface area contributed by atoms with E-state index in [4.69, 9.17) is 0 Å². The molecule has 1 aromatic rings. The van der Waals surface area contributed by atoms with Gasteiger partial charge in [-0.25, -0.2) is 4.39 Å². The number of likely N-dealkylation sites (tertiary alicyclic amines) is 1. The minimum Gasteiger partial charge on any atom is -0.481 e. The van der Waals surface area contributed by atoms with Crippen molar-refractivity contribution in [3.8, 4) is 0 Å². The van der Waals surface area contributed by atoms with Gasteiger partial charge < -0.3 is 15.3 Å². The van der Waals surface area contributed by atoms with Gasteiger partial charge in [-0.05, 0) is 17.7 Å². The predicted octanol–water partition coefficient (Wildman–Crippen LogP) is 0.588. The van der Waals surface area contributed by atoms with Crippen molar-refractivity contribution in [1.29, 1.82) is 0 Å². The molecule has 0 spiro atoms. The topological polar surface area (TPSA) is 86.7 Å². The maximum absolute atomic E-state index is 13.3. The fourth-order valence-corrected chi connectivity index (χ4v) is 2.64. The van der Waals surface area contributed by atoms with Gasteiger partial charge in [0.25, 0.3) is 0 Å². The molecule has 0 radical (unpaired) electrons. The molecular weight excluding hydrogens is 291 g/mol. The minimum atomic E-state index is -1.02. The standard InChI is InChI=1S/C15H17FN2O4/c1-9(19)17-6-14(20)18-7-12(13(8-18)15(21)22)10-3-2-4-11(16)5-10/h2-5,12-13H,6-8H2,1H3,(H,17,19)(H,21,22)/t12-,13+/m0/s1. The van der Waals surface area contributed by atoms with Crippen molar-refractivity contribution in [3.63, 3.8) is 0 Å². The number of carboxylic acids is 1. The molecule has 2 atom stereocenters. The number of carbonyl (C=O) groups is 3. The average molecular weight is 308 g/mol. The molecule has 2 N–H and O–H groups in total. The van der Waals surface area contributed by atoms with Gasteiger partial charge in [0.05, 0.1) is 12.5 Å². The monoisotopic (exact) mass is 308 g/mol. The second-order valence-electron chi connectivity index (χ2n) is 5.31. The van der Waals surface area contributed by atoms with Crippen LogP contribution in [0.1, 0.15) is 18.4 Å². The van der Waals surface area contributed by atoms with E-state index < -0.39 is 23.6 Å². The molecule has 118 valence electrons. The van der Waals surface area contributed by atoms with E-state index in [1.807, 2.05) is 0 Å². The van der Waals surface area contributed by atoms with Crippen molar-refractivity contribution in [2.75, 3.05) is 19.6 Å². The first-order valence-electron chi connectivity index (χ1n) is 6.89. The number of carbonyl (C=O) groups excluding carboxylic acids is 2. The minimum absolute atomic E-state index is 0.0505. The van der Waals surface area contributed by atoms with E-state index >= 15 is 0 Å². The molecule has 2 rings (SSSR count). The van der Waals surface area contributed by atoms with Crippen LogP contribution < -0.4 is 5.32 Å². The lowest BCUT2D eigenvalue weighted by atomic mass is 9.89. The number of aliphatic carboxylic acids is 1. The van der Waals surface area contributed by atoms with E-state index in [9.17, 15) is 23.9 Å². The smallest absolute Gasteiger partial charge is 0.308 e. The number of benzene rings is 1. The van der Waals surface area contributed by atoms with Crippen LogP contribution in [0.3, 0.4) is 0 Å². The van der Waals surface area contributed by atoms with Crippen molar-refractivity contribution in [1.82, 2.24) is 10.2 Å². The Hall–Kier alpha value is -2.44. The summed E-state index contributed by atoms with van der Waals surface area (Å²) in [6.07, 6.45) is 0. The number of hydrogen-bond donors (Lipinski definition) is 2. The molecule has 0 unspecified atom stereocenters. The fourth-order valence-electron chi connectivity index (χ4n) is 2.64. The summed E-state index contributed by atoms with van der Waals surface area (Å²) < 4.78 is 13.3. The second-order valence-corrected chi connectivity index (χ2v) is 5.31. The quantitative estimate of drug-likeness (QED) is 0.852. The molecule has 1 fully saturated rings. The zero-order valence-electron chi connectivity index (χ0n) is 12.1. The molecule has 22 heavy (non-hydrogen) atoms. The lowest BCUT2D eigenvalue weighted by Crippen LogP contribution is -2.38. The lowest BCUT2D eigenvalue weighted by Gasteiger charge is -2.16. The van der Waals surface area contributed by atoms with Gasteiger partial charge in [0.1, 0.15) is 5.82 Å². The first-order valence-corrected chi connectivity index (χ1v) is 6.89. The third kappa shape index (κ3) is 3.60. The van der Waals surface area contributed by atoms with Crippen LogP contribution in [-0.4, -0.2) is 47.4 Å². The molecule has 6 nitrogen and oxygen atoms in total. The third-order valence-corrected chi connectivity index (χ3v) is 3.76.